The Morgan fingerprint density at radius 2 is 1.73 bits per heavy atom. The van der Waals surface area contributed by atoms with Crippen molar-refractivity contribution in [1.82, 2.24) is 5.32 Å². The Labute approximate surface area is 153 Å². The molecule has 0 saturated carbocycles. The molecule has 3 heterocycles. The highest BCUT2D eigenvalue weighted by molar-refractivity contribution is 6.12. The van der Waals surface area contributed by atoms with Crippen molar-refractivity contribution in [3.63, 3.8) is 0 Å². The van der Waals surface area contributed by atoms with Crippen LogP contribution >= 0.6 is 0 Å². The molecule has 1 aromatic rings. The number of amides is 2. The van der Waals surface area contributed by atoms with Crippen molar-refractivity contribution >= 4 is 28.9 Å². The molecule has 2 saturated heterocycles. The summed E-state index contributed by atoms with van der Waals surface area (Å²) in [6, 6.07) is 5.25. The van der Waals surface area contributed by atoms with E-state index in [9.17, 15) is 14.4 Å². The average Bonchev–Trinajstić information content (AvgIpc) is 3.02. The van der Waals surface area contributed by atoms with E-state index in [-0.39, 0.29) is 23.6 Å². The number of imide groups is 1. The molecule has 136 valence electrons. The number of ketones is 1. The van der Waals surface area contributed by atoms with E-state index in [1.165, 1.54) is 0 Å². The van der Waals surface area contributed by atoms with E-state index in [4.69, 9.17) is 0 Å². The number of nitrogens with zero attached hydrogens (tertiary/aromatic N) is 1. The van der Waals surface area contributed by atoms with Crippen LogP contribution in [0.2, 0.25) is 0 Å². The number of rotatable bonds is 1. The Morgan fingerprint density at radius 3 is 2.38 bits per heavy atom. The monoisotopic (exact) mass is 352 g/mol. The quantitative estimate of drug-likeness (QED) is 0.789. The number of anilines is 1. The Hall–Kier alpha value is -2.43. The van der Waals surface area contributed by atoms with Gasteiger partial charge < -0.3 is 4.90 Å². The number of Topliss-reactive ketones (excluding diaryl/α,β-unsaturated/α-hetero) is 1. The Morgan fingerprint density at radius 1 is 1.08 bits per heavy atom. The van der Waals surface area contributed by atoms with Crippen molar-refractivity contribution in [2.24, 2.45) is 17.3 Å². The Bertz CT molecular complexity index is 878. The van der Waals surface area contributed by atoms with Crippen LogP contribution in [0.4, 0.5) is 5.69 Å². The van der Waals surface area contributed by atoms with Gasteiger partial charge in [-0.2, -0.15) is 0 Å². The van der Waals surface area contributed by atoms with Crippen molar-refractivity contribution in [2.75, 3.05) is 4.90 Å². The van der Waals surface area contributed by atoms with Gasteiger partial charge >= 0.3 is 0 Å². The van der Waals surface area contributed by atoms with Gasteiger partial charge in [-0.25, -0.2) is 0 Å². The van der Waals surface area contributed by atoms with E-state index >= 15 is 0 Å². The van der Waals surface area contributed by atoms with Gasteiger partial charge in [0.2, 0.25) is 11.8 Å². The average molecular weight is 352 g/mol. The second kappa shape index (κ2) is 5.29. The van der Waals surface area contributed by atoms with Crippen molar-refractivity contribution in [1.29, 1.82) is 0 Å². The second-order valence-corrected chi connectivity index (χ2v) is 8.73. The summed E-state index contributed by atoms with van der Waals surface area (Å²) in [5.41, 5.74) is 3.64. The lowest BCUT2D eigenvalue weighted by atomic mass is 9.79. The molecule has 0 unspecified atom stereocenters. The number of aryl methyl sites for hydroxylation is 1. The molecule has 1 N–H and O–H groups in total. The van der Waals surface area contributed by atoms with E-state index in [2.05, 4.69) is 11.4 Å². The lowest BCUT2D eigenvalue weighted by Gasteiger charge is -2.39. The fourth-order valence-electron chi connectivity index (χ4n) is 4.62. The molecule has 2 amide bonds. The second-order valence-electron chi connectivity index (χ2n) is 8.73. The number of allylic oxidation sites excluding steroid dienone is 1. The van der Waals surface area contributed by atoms with Gasteiger partial charge in [0.25, 0.3) is 0 Å². The molecule has 0 radical (unpaired) electrons. The van der Waals surface area contributed by atoms with Crippen LogP contribution in [0.15, 0.2) is 24.3 Å². The highest BCUT2D eigenvalue weighted by atomic mass is 16.2. The number of carbonyl (C=O) groups excluding carboxylic acids is 3. The fraction of sp³-hybridized carbons (Fsp3) is 0.476. The molecule has 5 heteroatoms. The SMILES string of the molecule is CC1=C[C@@H]2[C@@H]3C(=O)NC(=O)[C@@H]3[C@@H](C(=O)C(C)(C)C)N2c2ccc(C)cc21. The van der Waals surface area contributed by atoms with Gasteiger partial charge in [0.15, 0.2) is 5.78 Å². The van der Waals surface area contributed by atoms with Crippen LogP contribution in [-0.2, 0) is 14.4 Å². The summed E-state index contributed by atoms with van der Waals surface area (Å²) in [6.07, 6.45) is 2.05. The highest BCUT2D eigenvalue weighted by Gasteiger charge is 2.62. The third-order valence-corrected chi connectivity index (χ3v) is 5.85. The number of fused-ring (bicyclic) bond motifs is 5. The largest absolute Gasteiger partial charge is 0.353 e. The first-order chi connectivity index (χ1) is 12.1. The van der Waals surface area contributed by atoms with Gasteiger partial charge in [-0.1, -0.05) is 38.5 Å². The normalized spacial score (nSPS) is 29.7. The Balaban J connectivity index is 1.93. The zero-order chi connectivity index (χ0) is 19.0. The molecule has 3 aliphatic rings. The van der Waals surface area contributed by atoms with Crippen molar-refractivity contribution in [2.45, 2.75) is 46.7 Å². The number of hydrogen-bond donors (Lipinski definition) is 1. The van der Waals surface area contributed by atoms with Crippen LogP contribution in [0.3, 0.4) is 0 Å². The fourth-order valence-corrected chi connectivity index (χ4v) is 4.62. The van der Waals surface area contributed by atoms with E-state index in [1.807, 2.05) is 57.7 Å². The van der Waals surface area contributed by atoms with Crippen LogP contribution in [0.5, 0.6) is 0 Å². The molecule has 0 aliphatic carbocycles. The molecule has 0 bridgehead atoms. The van der Waals surface area contributed by atoms with Crippen molar-refractivity contribution in [3.8, 4) is 0 Å². The Kier molecular flexibility index (Phi) is 3.46. The van der Waals surface area contributed by atoms with Crippen LogP contribution < -0.4 is 10.2 Å². The summed E-state index contributed by atoms with van der Waals surface area (Å²) >= 11 is 0. The molecule has 0 aromatic heterocycles. The van der Waals surface area contributed by atoms with Gasteiger partial charge in [0.05, 0.1) is 17.9 Å². The molecule has 26 heavy (non-hydrogen) atoms. The number of hydrogen-bond acceptors (Lipinski definition) is 4. The molecule has 2 fully saturated rings. The van der Waals surface area contributed by atoms with Crippen LogP contribution in [0.1, 0.15) is 38.8 Å². The number of nitrogens with one attached hydrogen (secondary N) is 1. The topological polar surface area (TPSA) is 66.5 Å². The van der Waals surface area contributed by atoms with Gasteiger partial charge in [-0.3, -0.25) is 19.7 Å². The molecule has 3 aliphatic heterocycles. The maximum absolute atomic E-state index is 13.3. The molecular formula is C21H24N2O3. The van der Waals surface area contributed by atoms with Crippen molar-refractivity contribution < 1.29 is 14.4 Å². The standard InChI is InChI=1S/C21H24N2O3/c1-10-6-7-13-12(8-10)11(2)9-14-15-16(20(26)22-19(15)25)17(23(13)14)18(24)21(3,4)5/h6-9,14-17H,1-5H3,(H,22,25,26)/t14-,15+,16+,17+/m1/s1. The minimum atomic E-state index is -0.629. The van der Waals surface area contributed by atoms with Crippen LogP contribution in [0.25, 0.3) is 5.57 Å². The lowest BCUT2D eigenvalue weighted by molar-refractivity contribution is -0.132. The smallest absolute Gasteiger partial charge is 0.233 e. The summed E-state index contributed by atoms with van der Waals surface area (Å²) in [5.74, 6) is -1.73. The van der Waals surface area contributed by atoms with Gasteiger partial charge in [-0.15, -0.1) is 0 Å². The molecule has 4 rings (SSSR count). The van der Waals surface area contributed by atoms with E-state index in [0.717, 1.165) is 22.4 Å². The van der Waals surface area contributed by atoms with Gasteiger partial charge in [0.1, 0.15) is 6.04 Å². The van der Waals surface area contributed by atoms with Crippen molar-refractivity contribution in [3.05, 3.63) is 35.4 Å². The van der Waals surface area contributed by atoms with E-state index in [1.54, 1.807) is 0 Å². The van der Waals surface area contributed by atoms with Gasteiger partial charge in [-0.05, 0) is 31.6 Å². The summed E-state index contributed by atoms with van der Waals surface area (Å²) < 4.78 is 0. The van der Waals surface area contributed by atoms with Gasteiger partial charge in [0, 0.05) is 16.7 Å². The third kappa shape index (κ3) is 2.19. The summed E-state index contributed by atoms with van der Waals surface area (Å²) in [6.45, 7) is 9.67. The molecule has 1 aromatic carbocycles. The van der Waals surface area contributed by atoms with E-state index in [0.29, 0.717) is 0 Å². The summed E-state index contributed by atoms with van der Waals surface area (Å²) in [4.78, 5) is 40.4. The first-order valence-electron chi connectivity index (χ1n) is 9.08. The molecule has 0 spiro atoms. The zero-order valence-corrected chi connectivity index (χ0v) is 15.8. The predicted octanol–water partition coefficient (Wildman–Crippen LogP) is 2.47. The summed E-state index contributed by atoms with van der Waals surface area (Å²) in [7, 11) is 0. The lowest BCUT2D eigenvalue weighted by Crippen LogP contribution is -2.51. The predicted molar refractivity (Wildman–Crippen MR) is 99.5 cm³/mol. The first kappa shape index (κ1) is 17.0. The summed E-state index contributed by atoms with van der Waals surface area (Å²) in [5, 5.41) is 2.45. The number of benzene rings is 1. The molecule has 5 nitrogen and oxygen atoms in total. The van der Waals surface area contributed by atoms with Crippen LogP contribution in [0, 0.1) is 24.2 Å². The number of carbonyl (C=O) groups is 3. The maximum Gasteiger partial charge on any atom is 0.233 e. The maximum atomic E-state index is 13.3. The zero-order valence-electron chi connectivity index (χ0n) is 15.8. The molecular weight excluding hydrogens is 328 g/mol. The molecule has 4 atom stereocenters. The minimum absolute atomic E-state index is 0.000622. The first-order valence-corrected chi connectivity index (χ1v) is 9.08. The van der Waals surface area contributed by atoms with Crippen LogP contribution in [-0.4, -0.2) is 29.7 Å². The third-order valence-electron chi connectivity index (χ3n) is 5.85. The highest BCUT2D eigenvalue weighted by Crippen LogP contribution is 2.49. The minimum Gasteiger partial charge on any atom is -0.353 e. The van der Waals surface area contributed by atoms with E-state index < -0.39 is 23.3 Å².